The first-order valence-corrected chi connectivity index (χ1v) is 7.02. The summed E-state index contributed by atoms with van der Waals surface area (Å²) in [6, 6.07) is 6.54. The molecule has 106 valence electrons. The van der Waals surface area contributed by atoms with Gasteiger partial charge in [0.05, 0.1) is 19.9 Å². The molecule has 0 aliphatic heterocycles. The number of para-hydroxylation sites is 1. The zero-order chi connectivity index (χ0) is 13.5. The molecule has 1 saturated carbocycles. The maximum Gasteiger partial charge on any atom is 0.165 e. The molecule has 1 N–H and O–H groups in total. The summed E-state index contributed by atoms with van der Waals surface area (Å²) in [5.41, 5.74) is 1.08. The molecule has 0 atom stereocenters. The van der Waals surface area contributed by atoms with Crippen LogP contribution >= 0.6 is 0 Å². The summed E-state index contributed by atoms with van der Waals surface area (Å²) in [6.45, 7) is 3.35. The zero-order valence-corrected chi connectivity index (χ0v) is 11.5. The normalized spacial score (nSPS) is 14.4. The molecule has 0 spiro atoms. The van der Waals surface area contributed by atoms with Crippen LogP contribution in [0.4, 0.5) is 4.39 Å². The van der Waals surface area contributed by atoms with Crippen LogP contribution in [0, 0.1) is 0 Å². The van der Waals surface area contributed by atoms with Crippen LogP contribution in [0.2, 0.25) is 0 Å². The van der Waals surface area contributed by atoms with Crippen molar-refractivity contribution in [1.82, 2.24) is 5.32 Å². The fourth-order valence-electron chi connectivity index (χ4n) is 1.90. The number of halogens is 1. The zero-order valence-electron chi connectivity index (χ0n) is 11.5. The SMILES string of the molecule is CCOc1cccc(CNC2CC2)c1OCCCF. The monoisotopic (exact) mass is 267 g/mol. The van der Waals surface area contributed by atoms with Crippen molar-refractivity contribution in [2.75, 3.05) is 19.9 Å². The van der Waals surface area contributed by atoms with Crippen molar-refractivity contribution in [3.8, 4) is 11.5 Å². The van der Waals surface area contributed by atoms with E-state index in [1.807, 2.05) is 25.1 Å². The van der Waals surface area contributed by atoms with Crippen molar-refractivity contribution >= 4 is 0 Å². The Morgan fingerprint density at radius 2 is 2.16 bits per heavy atom. The maximum atomic E-state index is 12.2. The molecule has 4 heteroatoms. The Balaban J connectivity index is 2.05. The summed E-state index contributed by atoms with van der Waals surface area (Å²) in [5.74, 6) is 1.50. The van der Waals surface area contributed by atoms with E-state index in [4.69, 9.17) is 9.47 Å². The van der Waals surface area contributed by atoms with E-state index in [1.54, 1.807) is 0 Å². The summed E-state index contributed by atoms with van der Waals surface area (Å²) in [4.78, 5) is 0. The lowest BCUT2D eigenvalue weighted by atomic mass is 10.2. The fourth-order valence-corrected chi connectivity index (χ4v) is 1.90. The molecule has 1 fully saturated rings. The lowest BCUT2D eigenvalue weighted by Crippen LogP contribution is -2.16. The van der Waals surface area contributed by atoms with Crippen molar-refractivity contribution in [2.45, 2.75) is 38.8 Å². The molecule has 0 amide bonds. The Bertz CT molecular complexity index is 394. The minimum Gasteiger partial charge on any atom is -0.490 e. The van der Waals surface area contributed by atoms with Gasteiger partial charge in [-0.1, -0.05) is 12.1 Å². The summed E-state index contributed by atoms with van der Waals surface area (Å²) in [7, 11) is 0. The topological polar surface area (TPSA) is 30.5 Å². The van der Waals surface area contributed by atoms with Crippen LogP contribution in [-0.4, -0.2) is 25.9 Å². The second kappa shape index (κ2) is 7.34. The molecular formula is C15H22FNO2. The van der Waals surface area contributed by atoms with E-state index in [2.05, 4.69) is 5.32 Å². The van der Waals surface area contributed by atoms with Crippen molar-refractivity contribution in [2.24, 2.45) is 0 Å². The molecule has 19 heavy (non-hydrogen) atoms. The summed E-state index contributed by atoms with van der Waals surface area (Å²) >= 11 is 0. The Morgan fingerprint density at radius 1 is 1.32 bits per heavy atom. The molecule has 0 bridgehead atoms. The van der Waals surface area contributed by atoms with Gasteiger partial charge in [0.15, 0.2) is 11.5 Å². The average molecular weight is 267 g/mol. The summed E-state index contributed by atoms with van der Waals surface area (Å²) in [6.07, 6.45) is 2.92. The summed E-state index contributed by atoms with van der Waals surface area (Å²) < 4.78 is 23.5. The van der Waals surface area contributed by atoms with Gasteiger partial charge in [0.1, 0.15) is 0 Å². The van der Waals surface area contributed by atoms with Crippen molar-refractivity contribution < 1.29 is 13.9 Å². The first-order valence-electron chi connectivity index (χ1n) is 7.02. The lowest BCUT2D eigenvalue weighted by molar-refractivity contribution is 0.259. The number of hydrogen-bond donors (Lipinski definition) is 1. The molecule has 0 radical (unpaired) electrons. The van der Waals surface area contributed by atoms with E-state index in [0.717, 1.165) is 23.6 Å². The number of nitrogens with one attached hydrogen (secondary N) is 1. The highest BCUT2D eigenvalue weighted by Gasteiger charge is 2.21. The summed E-state index contributed by atoms with van der Waals surface area (Å²) in [5, 5.41) is 3.46. The highest BCUT2D eigenvalue weighted by Crippen LogP contribution is 2.32. The smallest absolute Gasteiger partial charge is 0.165 e. The van der Waals surface area contributed by atoms with E-state index in [1.165, 1.54) is 12.8 Å². The van der Waals surface area contributed by atoms with Gasteiger partial charge >= 0.3 is 0 Å². The molecule has 1 aromatic rings. The van der Waals surface area contributed by atoms with Gasteiger partial charge in [-0.2, -0.15) is 0 Å². The van der Waals surface area contributed by atoms with Crippen molar-refractivity contribution in [3.63, 3.8) is 0 Å². The Labute approximate surface area is 114 Å². The molecule has 0 unspecified atom stereocenters. The minimum absolute atomic E-state index is 0.355. The molecule has 1 aliphatic carbocycles. The standard InChI is InChI=1S/C15H22FNO2/c1-2-18-14-6-3-5-12(11-17-13-7-8-13)15(14)19-10-4-9-16/h3,5-6,13,17H,2,4,7-11H2,1H3. The second-order valence-electron chi connectivity index (χ2n) is 4.72. The number of rotatable bonds is 9. The number of hydrogen-bond acceptors (Lipinski definition) is 3. The molecular weight excluding hydrogens is 245 g/mol. The van der Waals surface area contributed by atoms with Crippen LogP contribution in [0.1, 0.15) is 31.7 Å². The van der Waals surface area contributed by atoms with Gasteiger partial charge in [-0.15, -0.1) is 0 Å². The Kier molecular flexibility index (Phi) is 5.45. The van der Waals surface area contributed by atoms with E-state index < -0.39 is 0 Å². The third kappa shape index (κ3) is 4.39. The first-order chi connectivity index (χ1) is 9.35. The fraction of sp³-hybridized carbons (Fsp3) is 0.600. The second-order valence-corrected chi connectivity index (χ2v) is 4.72. The molecule has 0 saturated heterocycles. The lowest BCUT2D eigenvalue weighted by Gasteiger charge is -2.16. The predicted molar refractivity (Wildman–Crippen MR) is 73.6 cm³/mol. The van der Waals surface area contributed by atoms with Gasteiger partial charge in [0, 0.05) is 24.6 Å². The minimum atomic E-state index is -0.355. The number of ether oxygens (including phenoxy) is 2. The van der Waals surface area contributed by atoms with Crippen LogP contribution in [0.5, 0.6) is 11.5 Å². The average Bonchev–Trinajstić information content (AvgIpc) is 3.23. The van der Waals surface area contributed by atoms with Gasteiger partial charge in [0.2, 0.25) is 0 Å². The van der Waals surface area contributed by atoms with Crippen LogP contribution < -0.4 is 14.8 Å². The largest absolute Gasteiger partial charge is 0.490 e. The van der Waals surface area contributed by atoms with Crippen LogP contribution in [0.15, 0.2) is 18.2 Å². The molecule has 1 aliphatic rings. The van der Waals surface area contributed by atoms with Crippen LogP contribution in [0.3, 0.4) is 0 Å². The van der Waals surface area contributed by atoms with E-state index in [-0.39, 0.29) is 6.67 Å². The van der Waals surface area contributed by atoms with E-state index >= 15 is 0 Å². The highest BCUT2D eigenvalue weighted by atomic mass is 19.1. The van der Waals surface area contributed by atoms with E-state index in [9.17, 15) is 4.39 Å². The Hall–Kier alpha value is -1.29. The Morgan fingerprint density at radius 3 is 2.84 bits per heavy atom. The highest BCUT2D eigenvalue weighted by molar-refractivity contribution is 5.46. The third-order valence-electron chi connectivity index (χ3n) is 3.04. The van der Waals surface area contributed by atoms with Gasteiger partial charge in [-0.25, -0.2) is 0 Å². The van der Waals surface area contributed by atoms with Gasteiger partial charge in [-0.3, -0.25) is 4.39 Å². The van der Waals surface area contributed by atoms with Gasteiger partial charge in [-0.05, 0) is 25.8 Å². The number of alkyl halides is 1. The molecule has 1 aromatic carbocycles. The van der Waals surface area contributed by atoms with Crippen LogP contribution in [0.25, 0.3) is 0 Å². The third-order valence-corrected chi connectivity index (χ3v) is 3.04. The van der Waals surface area contributed by atoms with Gasteiger partial charge < -0.3 is 14.8 Å². The molecule has 2 rings (SSSR count). The predicted octanol–water partition coefficient (Wildman–Crippen LogP) is 3.08. The molecule has 0 heterocycles. The van der Waals surface area contributed by atoms with Crippen molar-refractivity contribution in [1.29, 1.82) is 0 Å². The quantitative estimate of drug-likeness (QED) is 0.697. The van der Waals surface area contributed by atoms with Crippen molar-refractivity contribution in [3.05, 3.63) is 23.8 Å². The first kappa shape index (κ1) is 14.1. The molecule has 0 aromatic heterocycles. The van der Waals surface area contributed by atoms with Crippen LogP contribution in [-0.2, 0) is 6.54 Å². The van der Waals surface area contributed by atoms with E-state index in [0.29, 0.717) is 25.7 Å². The number of benzene rings is 1. The maximum absolute atomic E-state index is 12.2. The molecule has 3 nitrogen and oxygen atoms in total. The van der Waals surface area contributed by atoms with Gasteiger partial charge in [0.25, 0.3) is 0 Å².